The number of hydrogen-bond donors (Lipinski definition) is 1. The summed E-state index contributed by atoms with van der Waals surface area (Å²) in [4.78, 5) is 25.7. The average molecular weight is 313 g/mol. The Morgan fingerprint density at radius 3 is 2.90 bits per heavy atom. The lowest BCUT2D eigenvalue weighted by molar-refractivity contribution is -0.132. The fraction of sp³-hybridized carbons (Fsp3) is 0.467. The van der Waals surface area contributed by atoms with Crippen LogP contribution in [0.15, 0.2) is 18.2 Å². The highest BCUT2D eigenvalue weighted by atomic mass is 35.5. The van der Waals surface area contributed by atoms with Crippen LogP contribution >= 0.6 is 11.6 Å². The first-order chi connectivity index (χ1) is 9.93. The van der Waals surface area contributed by atoms with Gasteiger partial charge in [-0.2, -0.15) is 0 Å². The monoisotopic (exact) mass is 312 g/mol. The van der Waals surface area contributed by atoms with E-state index in [9.17, 15) is 14.0 Å². The number of anilines is 1. The first-order valence-corrected chi connectivity index (χ1v) is 7.38. The number of carbonyl (C=O) groups is 2. The van der Waals surface area contributed by atoms with Crippen LogP contribution in [-0.2, 0) is 9.59 Å². The van der Waals surface area contributed by atoms with Crippen molar-refractivity contribution in [3.63, 3.8) is 0 Å². The molecule has 2 rings (SSSR count). The molecule has 2 atom stereocenters. The van der Waals surface area contributed by atoms with E-state index in [2.05, 4.69) is 5.32 Å². The van der Waals surface area contributed by atoms with Gasteiger partial charge in [-0.15, -0.1) is 0 Å². The van der Waals surface area contributed by atoms with Crippen molar-refractivity contribution in [3.05, 3.63) is 29.0 Å². The van der Waals surface area contributed by atoms with E-state index >= 15 is 0 Å². The number of nitrogens with zero attached hydrogens (tertiary/aromatic N) is 1. The largest absolute Gasteiger partial charge is 0.353 e. The lowest BCUT2D eigenvalue weighted by Gasteiger charge is -2.18. The summed E-state index contributed by atoms with van der Waals surface area (Å²) in [5.74, 6) is -1.95. The van der Waals surface area contributed by atoms with Crippen molar-refractivity contribution in [1.82, 2.24) is 5.32 Å². The summed E-state index contributed by atoms with van der Waals surface area (Å²) < 4.78 is 13.9. The number of nitrogens with one attached hydrogen (secondary N) is 1. The number of amides is 2. The van der Waals surface area contributed by atoms with Crippen LogP contribution in [0, 0.1) is 11.7 Å². The molecule has 21 heavy (non-hydrogen) atoms. The Bertz CT molecular complexity index is 565. The van der Waals surface area contributed by atoms with E-state index in [1.165, 1.54) is 17.0 Å². The van der Waals surface area contributed by atoms with Crippen molar-refractivity contribution < 1.29 is 14.0 Å². The molecule has 1 aromatic rings. The standard InChI is InChI=1S/C15H18ClFN2O2/c1-3-9(2)18-14(20)11-6-7-19(15(11)21)13-5-4-10(16)8-12(13)17/h4-5,8-9,11H,3,6-7H2,1-2H3,(H,18,20)/t9-,11-/m1/s1. The molecule has 1 aromatic carbocycles. The highest BCUT2D eigenvalue weighted by molar-refractivity contribution is 6.30. The Hall–Kier alpha value is -1.62. The Labute approximate surface area is 128 Å². The topological polar surface area (TPSA) is 49.4 Å². The van der Waals surface area contributed by atoms with Gasteiger partial charge in [-0.1, -0.05) is 18.5 Å². The van der Waals surface area contributed by atoms with Crippen molar-refractivity contribution in [2.75, 3.05) is 11.4 Å². The van der Waals surface area contributed by atoms with Gasteiger partial charge < -0.3 is 10.2 Å². The third kappa shape index (κ3) is 3.35. The minimum atomic E-state index is -0.742. The van der Waals surface area contributed by atoms with Crippen LogP contribution in [0.1, 0.15) is 26.7 Å². The summed E-state index contributed by atoms with van der Waals surface area (Å²) in [6, 6.07) is 4.17. The van der Waals surface area contributed by atoms with Gasteiger partial charge in [0, 0.05) is 17.6 Å². The number of benzene rings is 1. The average Bonchev–Trinajstić information content (AvgIpc) is 2.80. The van der Waals surface area contributed by atoms with Gasteiger partial charge in [0.15, 0.2) is 0 Å². The van der Waals surface area contributed by atoms with Gasteiger partial charge in [0.05, 0.1) is 5.69 Å². The van der Waals surface area contributed by atoms with Gasteiger partial charge in [-0.25, -0.2) is 4.39 Å². The Kier molecular flexibility index (Phi) is 4.83. The zero-order chi connectivity index (χ0) is 15.6. The van der Waals surface area contributed by atoms with E-state index in [0.717, 1.165) is 12.5 Å². The summed E-state index contributed by atoms with van der Waals surface area (Å²) in [5.41, 5.74) is 0.170. The van der Waals surface area contributed by atoms with E-state index in [0.29, 0.717) is 13.0 Å². The highest BCUT2D eigenvalue weighted by Gasteiger charge is 2.38. The number of halogens is 2. The van der Waals surface area contributed by atoms with Crippen molar-refractivity contribution in [2.24, 2.45) is 5.92 Å². The van der Waals surface area contributed by atoms with Gasteiger partial charge >= 0.3 is 0 Å². The minimum Gasteiger partial charge on any atom is -0.353 e. The maximum Gasteiger partial charge on any atom is 0.239 e. The molecule has 1 N–H and O–H groups in total. The molecule has 1 heterocycles. The molecule has 4 nitrogen and oxygen atoms in total. The summed E-state index contributed by atoms with van der Waals surface area (Å²) in [6.45, 7) is 4.17. The van der Waals surface area contributed by atoms with Crippen LogP contribution in [0.2, 0.25) is 5.02 Å². The molecule has 1 saturated heterocycles. The molecule has 0 spiro atoms. The van der Waals surface area contributed by atoms with Gasteiger partial charge in [-0.05, 0) is 38.0 Å². The van der Waals surface area contributed by atoms with E-state index in [-0.39, 0.29) is 28.6 Å². The quantitative estimate of drug-likeness (QED) is 0.869. The van der Waals surface area contributed by atoms with E-state index in [4.69, 9.17) is 11.6 Å². The fourth-order valence-corrected chi connectivity index (χ4v) is 2.47. The first-order valence-electron chi connectivity index (χ1n) is 7.00. The van der Waals surface area contributed by atoms with Crippen molar-refractivity contribution in [2.45, 2.75) is 32.7 Å². The molecule has 6 heteroatoms. The van der Waals surface area contributed by atoms with Crippen LogP contribution in [0.25, 0.3) is 0 Å². The van der Waals surface area contributed by atoms with Crippen LogP contribution in [0.3, 0.4) is 0 Å². The number of hydrogen-bond acceptors (Lipinski definition) is 2. The van der Waals surface area contributed by atoms with Gasteiger partial charge in [0.25, 0.3) is 0 Å². The molecular weight excluding hydrogens is 295 g/mol. The van der Waals surface area contributed by atoms with E-state index < -0.39 is 11.7 Å². The molecule has 0 aromatic heterocycles. The highest BCUT2D eigenvalue weighted by Crippen LogP contribution is 2.29. The second-order valence-electron chi connectivity index (χ2n) is 5.24. The molecular formula is C15H18ClFN2O2. The maximum absolute atomic E-state index is 13.9. The summed E-state index contributed by atoms with van der Waals surface area (Å²) in [6.07, 6.45) is 1.19. The Balaban J connectivity index is 2.13. The second kappa shape index (κ2) is 6.43. The predicted molar refractivity (Wildman–Crippen MR) is 79.8 cm³/mol. The van der Waals surface area contributed by atoms with Crippen molar-refractivity contribution >= 4 is 29.1 Å². The fourth-order valence-electron chi connectivity index (χ4n) is 2.31. The summed E-state index contributed by atoms with van der Waals surface area (Å²) >= 11 is 5.70. The number of carbonyl (C=O) groups excluding carboxylic acids is 2. The zero-order valence-electron chi connectivity index (χ0n) is 12.0. The van der Waals surface area contributed by atoms with E-state index in [1.807, 2.05) is 13.8 Å². The first kappa shape index (κ1) is 15.8. The van der Waals surface area contributed by atoms with Crippen LogP contribution in [-0.4, -0.2) is 24.4 Å². The molecule has 0 saturated carbocycles. The molecule has 0 unspecified atom stereocenters. The molecule has 1 aliphatic rings. The third-order valence-corrected chi connectivity index (χ3v) is 3.96. The lowest BCUT2D eigenvalue weighted by atomic mass is 10.1. The molecule has 0 aliphatic carbocycles. The maximum atomic E-state index is 13.9. The van der Waals surface area contributed by atoms with E-state index in [1.54, 1.807) is 0 Å². The smallest absolute Gasteiger partial charge is 0.239 e. The second-order valence-corrected chi connectivity index (χ2v) is 5.68. The van der Waals surface area contributed by atoms with Gasteiger partial charge in [0.2, 0.25) is 11.8 Å². The van der Waals surface area contributed by atoms with Crippen LogP contribution in [0.4, 0.5) is 10.1 Å². The third-order valence-electron chi connectivity index (χ3n) is 3.72. The van der Waals surface area contributed by atoms with Gasteiger partial charge in [-0.3, -0.25) is 9.59 Å². The molecule has 1 fully saturated rings. The molecule has 1 aliphatic heterocycles. The van der Waals surface area contributed by atoms with Gasteiger partial charge in [0.1, 0.15) is 11.7 Å². The molecule has 0 bridgehead atoms. The van der Waals surface area contributed by atoms with Crippen molar-refractivity contribution in [1.29, 1.82) is 0 Å². The van der Waals surface area contributed by atoms with Crippen LogP contribution in [0.5, 0.6) is 0 Å². The molecule has 114 valence electrons. The summed E-state index contributed by atoms with van der Waals surface area (Å²) in [5, 5.41) is 3.07. The Morgan fingerprint density at radius 2 is 2.29 bits per heavy atom. The Morgan fingerprint density at radius 1 is 1.57 bits per heavy atom. The predicted octanol–water partition coefficient (Wildman–Crippen LogP) is 2.75. The summed E-state index contributed by atoms with van der Waals surface area (Å²) in [7, 11) is 0. The molecule has 2 amide bonds. The van der Waals surface area contributed by atoms with Crippen LogP contribution < -0.4 is 10.2 Å². The molecule has 0 radical (unpaired) electrons. The minimum absolute atomic E-state index is 0.0200. The number of rotatable bonds is 4. The lowest BCUT2D eigenvalue weighted by Crippen LogP contribution is -2.40. The zero-order valence-corrected chi connectivity index (χ0v) is 12.8. The SMILES string of the molecule is CC[C@@H](C)NC(=O)[C@H]1CCN(c2ccc(Cl)cc2F)C1=O. The van der Waals surface area contributed by atoms with Crippen molar-refractivity contribution in [3.8, 4) is 0 Å². The normalized spacial score (nSPS) is 19.7.